The van der Waals surface area contributed by atoms with Crippen LogP contribution in [0.4, 0.5) is 4.39 Å². The van der Waals surface area contributed by atoms with Gasteiger partial charge in [0.2, 0.25) is 0 Å². The van der Waals surface area contributed by atoms with Gasteiger partial charge in [-0.1, -0.05) is 0 Å². The molecule has 0 saturated heterocycles. The molecule has 1 aromatic carbocycles. The number of hydrogen-bond donors (Lipinski definition) is 2. The van der Waals surface area contributed by atoms with Crippen LogP contribution < -0.4 is 5.73 Å². The minimum atomic E-state index is -0.318. The van der Waals surface area contributed by atoms with Gasteiger partial charge in [-0.15, -0.1) is 0 Å². The third kappa shape index (κ3) is 2.96. The SMILES string of the molecule is CN(Cc1cc(F)ccc1O)C(CN)C1CC1. The highest BCUT2D eigenvalue weighted by Crippen LogP contribution is 2.35. The lowest BCUT2D eigenvalue weighted by Gasteiger charge is -2.27. The summed E-state index contributed by atoms with van der Waals surface area (Å²) in [5.74, 6) is 0.493. The highest BCUT2D eigenvalue weighted by molar-refractivity contribution is 5.32. The molecule has 4 heteroatoms. The predicted molar refractivity (Wildman–Crippen MR) is 65.1 cm³/mol. The molecular weight excluding hydrogens is 219 g/mol. The minimum Gasteiger partial charge on any atom is -0.508 e. The first-order valence-electron chi connectivity index (χ1n) is 5.99. The number of rotatable bonds is 5. The Morgan fingerprint density at radius 2 is 2.24 bits per heavy atom. The van der Waals surface area contributed by atoms with Crippen LogP contribution in [0.1, 0.15) is 18.4 Å². The van der Waals surface area contributed by atoms with Crippen molar-refractivity contribution in [2.45, 2.75) is 25.4 Å². The monoisotopic (exact) mass is 238 g/mol. The lowest BCUT2D eigenvalue weighted by Crippen LogP contribution is -2.39. The zero-order valence-corrected chi connectivity index (χ0v) is 10.1. The lowest BCUT2D eigenvalue weighted by molar-refractivity contribution is 0.213. The summed E-state index contributed by atoms with van der Waals surface area (Å²) in [6.07, 6.45) is 2.45. The molecule has 3 nitrogen and oxygen atoms in total. The molecule has 1 aromatic rings. The second-order valence-electron chi connectivity index (χ2n) is 4.83. The van der Waals surface area contributed by atoms with Gasteiger partial charge in [0, 0.05) is 24.7 Å². The Labute approximate surface area is 101 Å². The van der Waals surface area contributed by atoms with Gasteiger partial charge in [0.25, 0.3) is 0 Å². The minimum absolute atomic E-state index is 0.143. The molecule has 0 heterocycles. The topological polar surface area (TPSA) is 49.5 Å². The molecule has 0 spiro atoms. The van der Waals surface area contributed by atoms with Crippen molar-refractivity contribution >= 4 is 0 Å². The first-order chi connectivity index (χ1) is 8.11. The van der Waals surface area contributed by atoms with Crippen LogP contribution in [0.15, 0.2) is 18.2 Å². The number of nitrogens with zero attached hydrogens (tertiary/aromatic N) is 1. The Balaban J connectivity index is 2.05. The molecule has 1 unspecified atom stereocenters. The summed E-state index contributed by atoms with van der Waals surface area (Å²) in [6, 6.07) is 4.37. The standard InChI is InChI=1S/C13H19FN2O/c1-16(12(7-15)9-2-3-9)8-10-6-11(14)4-5-13(10)17/h4-6,9,12,17H,2-3,7-8,15H2,1H3. The fourth-order valence-electron chi connectivity index (χ4n) is 2.28. The summed E-state index contributed by atoms with van der Waals surface area (Å²) in [6.45, 7) is 1.14. The van der Waals surface area contributed by atoms with Crippen molar-refractivity contribution in [2.75, 3.05) is 13.6 Å². The maximum Gasteiger partial charge on any atom is 0.123 e. The predicted octanol–water partition coefficient (Wildman–Crippen LogP) is 1.70. The largest absolute Gasteiger partial charge is 0.508 e. The molecular formula is C13H19FN2O. The van der Waals surface area contributed by atoms with Gasteiger partial charge in [-0.3, -0.25) is 4.90 Å². The van der Waals surface area contributed by atoms with Gasteiger partial charge in [-0.2, -0.15) is 0 Å². The third-order valence-electron chi connectivity index (χ3n) is 3.44. The average Bonchev–Trinajstić information content (AvgIpc) is 3.09. The number of likely N-dealkylation sites (N-methyl/N-ethyl adjacent to an activating group) is 1. The van der Waals surface area contributed by atoms with Crippen LogP contribution in [-0.2, 0) is 6.54 Å². The fraction of sp³-hybridized carbons (Fsp3) is 0.538. The summed E-state index contributed by atoms with van der Waals surface area (Å²) in [5, 5.41) is 9.67. The molecule has 1 fully saturated rings. The molecule has 1 aliphatic carbocycles. The van der Waals surface area contributed by atoms with Gasteiger partial charge in [0.15, 0.2) is 0 Å². The molecule has 94 valence electrons. The van der Waals surface area contributed by atoms with Gasteiger partial charge in [-0.25, -0.2) is 4.39 Å². The average molecular weight is 238 g/mol. The van der Waals surface area contributed by atoms with E-state index in [1.165, 1.54) is 31.0 Å². The quantitative estimate of drug-likeness (QED) is 0.821. The number of aromatic hydroxyl groups is 1. The maximum absolute atomic E-state index is 13.1. The molecule has 0 bridgehead atoms. The zero-order chi connectivity index (χ0) is 12.4. The number of phenolic OH excluding ortho intramolecular Hbond substituents is 1. The van der Waals surface area contributed by atoms with Gasteiger partial charge in [-0.05, 0) is 44.0 Å². The third-order valence-corrected chi connectivity index (χ3v) is 3.44. The fourth-order valence-corrected chi connectivity index (χ4v) is 2.28. The molecule has 1 saturated carbocycles. The van der Waals surface area contributed by atoms with Crippen molar-refractivity contribution in [3.05, 3.63) is 29.6 Å². The van der Waals surface area contributed by atoms with Crippen LogP contribution in [0.2, 0.25) is 0 Å². The van der Waals surface area contributed by atoms with Crippen LogP contribution in [0.5, 0.6) is 5.75 Å². The number of halogens is 1. The van der Waals surface area contributed by atoms with Gasteiger partial charge in [0.05, 0.1) is 0 Å². The molecule has 1 aliphatic rings. The first kappa shape index (κ1) is 12.3. The number of hydrogen-bond acceptors (Lipinski definition) is 3. The van der Waals surface area contributed by atoms with Crippen LogP contribution in [-0.4, -0.2) is 29.6 Å². The first-order valence-corrected chi connectivity index (χ1v) is 5.99. The van der Waals surface area contributed by atoms with E-state index in [-0.39, 0.29) is 11.6 Å². The van der Waals surface area contributed by atoms with Crippen molar-refractivity contribution < 1.29 is 9.50 Å². The smallest absolute Gasteiger partial charge is 0.123 e. The number of benzene rings is 1. The molecule has 2 rings (SSSR count). The molecule has 3 N–H and O–H groups in total. The van der Waals surface area contributed by atoms with E-state index in [9.17, 15) is 9.50 Å². The highest BCUT2D eigenvalue weighted by atomic mass is 19.1. The van der Waals surface area contributed by atoms with E-state index in [0.717, 1.165) is 0 Å². The summed E-state index contributed by atoms with van der Waals surface area (Å²) >= 11 is 0. The van der Waals surface area contributed by atoms with Crippen LogP contribution >= 0.6 is 0 Å². The lowest BCUT2D eigenvalue weighted by atomic mass is 10.1. The summed E-state index contributed by atoms with van der Waals surface area (Å²) in [4.78, 5) is 2.10. The molecule has 1 atom stereocenters. The number of nitrogens with two attached hydrogens (primary N) is 1. The van der Waals surface area contributed by atoms with E-state index in [1.807, 2.05) is 7.05 Å². The van der Waals surface area contributed by atoms with Crippen molar-refractivity contribution in [2.24, 2.45) is 11.7 Å². The molecule has 0 aliphatic heterocycles. The van der Waals surface area contributed by atoms with Crippen molar-refractivity contribution in [1.82, 2.24) is 4.90 Å². The zero-order valence-electron chi connectivity index (χ0n) is 10.1. The molecule has 0 aromatic heterocycles. The van der Waals surface area contributed by atoms with E-state index in [2.05, 4.69) is 4.90 Å². The summed E-state index contributed by atoms with van der Waals surface area (Å²) in [7, 11) is 1.97. The van der Waals surface area contributed by atoms with Crippen LogP contribution in [0.25, 0.3) is 0 Å². The second kappa shape index (κ2) is 5.02. The van der Waals surface area contributed by atoms with Crippen molar-refractivity contribution in [1.29, 1.82) is 0 Å². The van der Waals surface area contributed by atoms with Crippen LogP contribution in [0, 0.1) is 11.7 Å². The van der Waals surface area contributed by atoms with Crippen molar-refractivity contribution in [3.63, 3.8) is 0 Å². The second-order valence-corrected chi connectivity index (χ2v) is 4.83. The van der Waals surface area contributed by atoms with Gasteiger partial charge in [0.1, 0.15) is 11.6 Å². The Morgan fingerprint density at radius 3 is 2.82 bits per heavy atom. The molecule has 17 heavy (non-hydrogen) atoms. The summed E-state index contributed by atoms with van der Waals surface area (Å²) < 4.78 is 13.1. The molecule has 0 radical (unpaired) electrons. The van der Waals surface area contributed by atoms with Crippen molar-refractivity contribution in [3.8, 4) is 5.75 Å². The van der Waals surface area contributed by atoms with Crippen LogP contribution in [0.3, 0.4) is 0 Å². The highest BCUT2D eigenvalue weighted by Gasteiger charge is 2.32. The van der Waals surface area contributed by atoms with Gasteiger partial charge < -0.3 is 10.8 Å². The Bertz CT molecular complexity index is 393. The van der Waals surface area contributed by atoms with E-state index >= 15 is 0 Å². The van der Waals surface area contributed by atoms with Gasteiger partial charge >= 0.3 is 0 Å². The van der Waals surface area contributed by atoms with E-state index in [4.69, 9.17) is 5.73 Å². The van der Waals surface area contributed by atoms with E-state index in [0.29, 0.717) is 30.6 Å². The Kier molecular flexibility index (Phi) is 3.64. The normalized spacial score (nSPS) is 17.4. The Morgan fingerprint density at radius 1 is 1.53 bits per heavy atom. The number of phenols is 1. The Hall–Kier alpha value is -1.13. The van der Waals surface area contributed by atoms with E-state index in [1.54, 1.807) is 0 Å². The molecule has 0 amide bonds. The van der Waals surface area contributed by atoms with E-state index < -0.39 is 0 Å². The maximum atomic E-state index is 13.1. The summed E-state index contributed by atoms with van der Waals surface area (Å²) in [5.41, 5.74) is 6.38.